The molecular weight excluding hydrogens is 375 g/mol. The summed E-state index contributed by atoms with van der Waals surface area (Å²) in [6.07, 6.45) is -0.396. The van der Waals surface area contributed by atoms with Crippen LogP contribution in [0.5, 0.6) is 0 Å². The molecule has 1 aliphatic rings. The van der Waals surface area contributed by atoms with Crippen LogP contribution in [0, 0.1) is 0 Å². The van der Waals surface area contributed by atoms with E-state index in [4.69, 9.17) is 5.11 Å². The number of anilines is 1. The van der Waals surface area contributed by atoms with E-state index in [9.17, 15) is 18.0 Å². The average Bonchev–Trinajstić information content (AvgIpc) is 2.62. The summed E-state index contributed by atoms with van der Waals surface area (Å²) in [6, 6.07) is 4.00. The van der Waals surface area contributed by atoms with Crippen LogP contribution in [-0.2, 0) is 11.0 Å². The standard InChI is InChI=1S/C18H20F3N5O2/c1-2-26(10-16(27)28)13-7-12(8-13)23-15-9-14(18(19,20)21)24-17(25-15)11-3-5-22-6-4-11/h3-6,9,12-13H,2,7-8,10H2,1H3,(H,27,28)(H,23,24,25). The van der Waals surface area contributed by atoms with Gasteiger partial charge in [0.1, 0.15) is 5.82 Å². The summed E-state index contributed by atoms with van der Waals surface area (Å²) in [4.78, 5) is 24.4. The molecule has 0 radical (unpaired) electrons. The molecule has 2 N–H and O–H groups in total. The minimum atomic E-state index is -4.59. The molecule has 1 aliphatic carbocycles. The zero-order valence-corrected chi connectivity index (χ0v) is 15.1. The maximum absolute atomic E-state index is 13.2. The second kappa shape index (κ2) is 8.09. The van der Waals surface area contributed by atoms with Crippen LogP contribution in [0.4, 0.5) is 19.0 Å². The lowest BCUT2D eigenvalue weighted by atomic mass is 9.85. The van der Waals surface area contributed by atoms with Crippen molar-refractivity contribution in [1.82, 2.24) is 19.9 Å². The molecule has 3 rings (SSSR count). The molecule has 0 saturated heterocycles. The fraction of sp³-hybridized carbons (Fsp3) is 0.444. The maximum atomic E-state index is 13.2. The highest BCUT2D eigenvalue weighted by molar-refractivity contribution is 5.69. The molecule has 0 unspecified atom stereocenters. The SMILES string of the molecule is CCN(CC(=O)O)C1CC(Nc2cc(C(F)(F)F)nc(-c3ccncc3)n2)C1. The molecule has 0 aromatic carbocycles. The van der Waals surface area contributed by atoms with Crippen molar-refractivity contribution in [2.75, 3.05) is 18.4 Å². The number of hydrogen-bond acceptors (Lipinski definition) is 6. The van der Waals surface area contributed by atoms with Crippen LogP contribution >= 0.6 is 0 Å². The highest BCUT2D eigenvalue weighted by atomic mass is 19.4. The summed E-state index contributed by atoms with van der Waals surface area (Å²) in [5.41, 5.74) is -0.581. The zero-order valence-electron chi connectivity index (χ0n) is 15.1. The average molecular weight is 395 g/mol. The molecule has 2 heterocycles. The largest absolute Gasteiger partial charge is 0.480 e. The van der Waals surface area contributed by atoms with Crippen LogP contribution in [0.3, 0.4) is 0 Å². The molecule has 0 aliphatic heterocycles. The normalized spacial score (nSPS) is 19.3. The molecule has 0 bridgehead atoms. The monoisotopic (exact) mass is 395 g/mol. The lowest BCUT2D eigenvalue weighted by molar-refractivity contribution is -0.141. The smallest absolute Gasteiger partial charge is 0.433 e. The molecule has 1 fully saturated rings. The van der Waals surface area contributed by atoms with Crippen molar-refractivity contribution in [2.45, 2.75) is 38.0 Å². The first kappa shape index (κ1) is 20.0. The quantitative estimate of drug-likeness (QED) is 0.745. The molecule has 28 heavy (non-hydrogen) atoms. The number of aliphatic carboxylic acids is 1. The number of aromatic nitrogens is 3. The molecule has 0 amide bonds. The van der Waals surface area contributed by atoms with E-state index in [2.05, 4.69) is 20.3 Å². The van der Waals surface area contributed by atoms with E-state index >= 15 is 0 Å². The number of carboxylic acid groups (broad SMARTS) is 1. The molecule has 2 aromatic heterocycles. The molecule has 1 saturated carbocycles. The highest BCUT2D eigenvalue weighted by Crippen LogP contribution is 2.33. The van der Waals surface area contributed by atoms with Crippen molar-refractivity contribution >= 4 is 11.8 Å². The van der Waals surface area contributed by atoms with E-state index in [0.717, 1.165) is 6.07 Å². The van der Waals surface area contributed by atoms with Crippen LogP contribution in [-0.4, -0.2) is 56.1 Å². The van der Waals surface area contributed by atoms with Crippen molar-refractivity contribution < 1.29 is 23.1 Å². The van der Waals surface area contributed by atoms with Gasteiger partial charge in [0.2, 0.25) is 0 Å². The van der Waals surface area contributed by atoms with E-state index in [0.29, 0.717) is 24.9 Å². The third kappa shape index (κ3) is 4.75. The lowest BCUT2D eigenvalue weighted by Gasteiger charge is -2.42. The number of alkyl halides is 3. The number of likely N-dealkylation sites (N-methyl/N-ethyl adjacent to an activating group) is 1. The number of carboxylic acids is 1. The number of hydrogen-bond donors (Lipinski definition) is 2. The second-order valence-electron chi connectivity index (χ2n) is 6.62. The minimum Gasteiger partial charge on any atom is -0.480 e. The van der Waals surface area contributed by atoms with Gasteiger partial charge in [0, 0.05) is 36.1 Å². The third-order valence-electron chi connectivity index (χ3n) is 4.68. The van der Waals surface area contributed by atoms with Gasteiger partial charge in [-0.3, -0.25) is 14.7 Å². The molecule has 0 spiro atoms. The van der Waals surface area contributed by atoms with Crippen LogP contribution in [0.2, 0.25) is 0 Å². The van der Waals surface area contributed by atoms with Gasteiger partial charge in [-0.05, 0) is 31.5 Å². The Hall–Kier alpha value is -2.75. The third-order valence-corrected chi connectivity index (χ3v) is 4.68. The Kier molecular flexibility index (Phi) is 5.78. The maximum Gasteiger partial charge on any atom is 0.433 e. The number of nitrogens with zero attached hydrogens (tertiary/aromatic N) is 4. The van der Waals surface area contributed by atoms with Crippen molar-refractivity contribution in [1.29, 1.82) is 0 Å². The molecule has 150 valence electrons. The summed E-state index contributed by atoms with van der Waals surface area (Å²) in [5, 5.41) is 12.0. The fourth-order valence-electron chi connectivity index (χ4n) is 3.18. The van der Waals surface area contributed by atoms with E-state index in [-0.39, 0.29) is 30.3 Å². The topological polar surface area (TPSA) is 91.2 Å². The van der Waals surface area contributed by atoms with Gasteiger partial charge < -0.3 is 10.4 Å². The van der Waals surface area contributed by atoms with Crippen LogP contribution in [0.25, 0.3) is 11.4 Å². The van der Waals surface area contributed by atoms with E-state index in [1.54, 1.807) is 12.1 Å². The first-order chi connectivity index (χ1) is 13.3. The van der Waals surface area contributed by atoms with Crippen molar-refractivity contribution in [3.05, 3.63) is 36.3 Å². The number of pyridine rings is 1. The second-order valence-corrected chi connectivity index (χ2v) is 6.62. The Morgan fingerprint density at radius 1 is 1.29 bits per heavy atom. The molecule has 0 atom stereocenters. The number of carbonyl (C=O) groups is 1. The Balaban J connectivity index is 1.75. The van der Waals surface area contributed by atoms with Crippen molar-refractivity contribution in [3.63, 3.8) is 0 Å². The molecule has 10 heteroatoms. The van der Waals surface area contributed by atoms with Crippen molar-refractivity contribution in [2.24, 2.45) is 0 Å². The summed E-state index contributed by atoms with van der Waals surface area (Å²) in [5.74, 6) is -0.832. The minimum absolute atomic E-state index is 0.0309. The van der Waals surface area contributed by atoms with Crippen LogP contribution in [0.15, 0.2) is 30.6 Å². The number of nitrogens with one attached hydrogen (secondary N) is 1. The van der Waals surface area contributed by atoms with Gasteiger partial charge in [-0.2, -0.15) is 13.2 Å². The number of halogens is 3. The number of rotatable bonds is 7. The Morgan fingerprint density at radius 3 is 2.54 bits per heavy atom. The highest BCUT2D eigenvalue weighted by Gasteiger charge is 2.36. The van der Waals surface area contributed by atoms with Crippen LogP contribution in [0.1, 0.15) is 25.5 Å². The lowest BCUT2D eigenvalue weighted by Crippen LogP contribution is -2.51. The van der Waals surface area contributed by atoms with Gasteiger partial charge in [0.05, 0.1) is 6.54 Å². The van der Waals surface area contributed by atoms with Gasteiger partial charge in [0.25, 0.3) is 0 Å². The van der Waals surface area contributed by atoms with Gasteiger partial charge in [-0.15, -0.1) is 0 Å². The van der Waals surface area contributed by atoms with Crippen LogP contribution < -0.4 is 5.32 Å². The Labute approximate surface area is 159 Å². The molecular formula is C18H20F3N5O2. The fourth-order valence-corrected chi connectivity index (χ4v) is 3.18. The van der Waals surface area contributed by atoms with Gasteiger partial charge in [-0.1, -0.05) is 6.92 Å². The van der Waals surface area contributed by atoms with Gasteiger partial charge in [0.15, 0.2) is 11.5 Å². The van der Waals surface area contributed by atoms with Gasteiger partial charge in [-0.25, -0.2) is 9.97 Å². The van der Waals surface area contributed by atoms with Gasteiger partial charge >= 0.3 is 12.1 Å². The Morgan fingerprint density at radius 2 is 1.96 bits per heavy atom. The van der Waals surface area contributed by atoms with E-state index < -0.39 is 17.8 Å². The first-order valence-corrected chi connectivity index (χ1v) is 8.85. The van der Waals surface area contributed by atoms with E-state index in [1.165, 1.54) is 12.4 Å². The van der Waals surface area contributed by atoms with E-state index in [1.807, 2.05) is 11.8 Å². The van der Waals surface area contributed by atoms with Crippen molar-refractivity contribution in [3.8, 4) is 11.4 Å². The predicted octanol–water partition coefficient (Wildman–Crippen LogP) is 2.91. The predicted molar refractivity (Wildman–Crippen MR) is 95.6 cm³/mol. The summed E-state index contributed by atoms with van der Waals surface area (Å²) >= 11 is 0. The Bertz CT molecular complexity index is 826. The first-order valence-electron chi connectivity index (χ1n) is 8.85. The summed E-state index contributed by atoms with van der Waals surface area (Å²) in [7, 11) is 0. The summed E-state index contributed by atoms with van der Waals surface area (Å²) < 4.78 is 39.7. The molecule has 7 nitrogen and oxygen atoms in total. The molecule has 2 aromatic rings. The summed E-state index contributed by atoms with van der Waals surface area (Å²) in [6.45, 7) is 2.43. The zero-order chi connectivity index (χ0) is 20.3.